The van der Waals surface area contributed by atoms with E-state index in [2.05, 4.69) is 10.3 Å². The van der Waals surface area contributed by atoms with Gasteiger partial charge in [0.25, 0.3) is 0 Å². The first kappa shape index (κ1) is 27.1. The number of nitrogens with zero attached hydrogens (tertiary/aromatic N) is 3. The normalized spacial score (nSPS) is 20.1. The topological polar surface area (TPSA) is 149 Å². The van der Waals surface area contributed by atoms with Gasteiger partial charge in [-0.3, -0.25) is 24.3 Å². The third-order valence-corrected chi connectivity index (χ3v) is 6.81. The van der Waals surface area contributed by atoms with E-state index < -0.39 is 65.9 Å². The average Bonchev–Trinajstić information content (AvgIpc) is 2.86. The number of hydrogen-bond acceptors (Lipinski definition) is 8. The minimum atomic E-state index is -1.67. The van der Waals surface area contributed by atoms with Gasteiger partial charge >= 0.3 is 25.0 Å². The van der Waals surface area contributed by atoms with Crippen LogP contribution in [0.2, 0.25) is 5.82 Å². The molecule has 4 amide bonds. The van der Waals surface area contributed by atoms with E-state index in [1.807, 2.05) is 25.1 Å². The summed E-state index contributed by atoms with van der Waals surface area (Å²) in [5.74, 6) is -4.38. The molecule has 0 spiro atoms. The summed E-state index contributed by atoms with van der Waals surface area (Å²) in [6, 6.07) is 2.76. The Morgan fingerprint density at radius 1 is 1.32 bits per heavy atom. The number of carbonyl (C=O) groups is 4. The van der Waals surface area contributed by atoms with Crippen LogP contribution in [0.4, 0.5) is 9.18 Å². The van der Waals surface area contributed by atoms with Crippen molar-refractivity contribution >= 4 is 30.7 Å². The fraction of sp³-hybridized carbons (Fsp3) is 0.400. The van der Waals surface area contributed by atoms with E-state index in [1.54, 1.807) is 13.8 Å². The fourth-order valence-corrected chi connectivity index (χ4v) is 4.82. The van der Waals surface area contributed by atoms with Crippen LogP contribution in [0.1, 0.15) is 43.1 Å². The summed E-state index contributed by atoms with van der Waals surface area (Å²) >= 11 is 0. The summed E-state index contributed by atoms with van der Waals surface area (Å²) in [5.41, 5.74) is 1.12. The zero-order valence-electron chi connectivity index (χ0n) is 21.2. The number of aryl methyl sites for hydroxylation is 1. The molecule has 1 aromatic heterocycles. The molecule has 1 fully saturated rings. The maximum atomic E-state index is 14.8. The molecule has 3 N–H and O–H groups in total. The number of aromatic nitrogens is 1. The quantitative estimate of drug-likeness (QED) is 0.379. The molecule has 1 aromatic carbocycles. The number of pyridine rings is 1. The predicted octanol–water partition coefficient (Wildman–Crippen LogP) is 1.51. The Labute approximate surface area is 218 Å². The molecule has 0 bridgehead atoms. The number of halogens is 1. The monoisotopic (exact) mass is 526 g/mol. The molecule has 2 aliphatic rings. The molecule has 11 nitrogen and oxygen atoms in total. The van der Waals surface area contributed by atoms with Crippen LogP contribution in [0.3, 0.4) is 0 Å². The Morgan fingerprint density at radius 2 is 2.05 bits per heavy atom. The highest BCUT2D eigenvalue weighted by molar-refractivity contribution is 6.46. The molecular weight excluding hydrogens is 498 g/mol. The number of ketones is 1. The number of para-hydroxylation sites is 1. The van der Waals surface area contributed by atoms with E-state index in [-0.39, 0.29) is 19.5 Å². The molecule has 1 saturated heterocycles. The van der Waals surface area contributed by atoms with Crippen LogP contribution in [0.5, 0.6) is 11.5 Å². The third-order valence-electron chi connectivity index (χ3n) is 6.81. The molecule has 2 aliphatic heterocycles. The van der Waals surface area contributed by atoms with Crippen molar-refractivity contribution in [3.8, 4) is 11.5 Å². The Morgan fingerprint density at radius 3 is 2.74 bits per heavy atom. The van der Waals surface area contributed by atoms with Crippen LogP contribution in [0.25, 0.3) is 0 Å². The number of Topliss-reactive ketones (excluding diaryl/α,β-unsaturated/α-hetero) is 1. The second-order valence-corrected chi connectivity index (χ2v) is 9.52. The molecule has 2 aromatic rings. The number of aromatic hydroxyl groups is 1. The number of urea groups is 1. The summed E-state index contributed by atoms with van der Waals surface area (Å²) in [5, 5.41) is 22.5. The van der Waals surface area contributed by atoms with E-state index >= 15 is 0 Å². The zero-order chi connectivity index (χ0) is 27.7. The summed E-state index contributed by atoms with van der Waals surface area (Å²) in [7, 11) is -1.33. The Bertz CT molecular complexity index is 1290. The van der Waals surface area contributed by atoms with Gasteiger partial charge in [-0.1, -0.05) is 18.2 Å². The van der Waals surface area contributed by atoms with Gasteiger partial charge < -0.3 is 25.0 Å². The van der Waals surface area contributed by atoms with Gasteiger partial charge in [0.05, 0.1) is 12.2 Å². The summed E-state index contributed by atoms with van der Waals surface area (Å²) in [4.78, 5) is 57.5. The molecule has 0 radical (unpaired) electrons. The lowest BCUT2D eigenvalue weighted by Crippen LogP contribution is -2.62. The summed E-state index contributed by atoms with van der Waals surface area (Å²) in [6.45, 7) is 5.48. The number of imide groups is 1. The molecule has 0 aliphatic carbocycles. The van der Waals surface area contributed by atoms with Gasteiger partial charge in [0.15, 0.2) is 11.6 Å². The number of likely N-dealkylation sites (N-methyl/N-ethyl adjacent to an activating group) is 1. The average molecular weight is 526 g/mol. The van der Waals surface area contributed by atoms with E-state index in [0.717, 1.165) is 23.4 Å². The number of piperazine rings is 1. The van der Waals surface area contributed by atoms with Crippen LogP contribution in [0, 0.1) is 12.7 Å². The van der Waals surface area contributed by atoms with Crippen molar-refractivity contribution < 1.29 is 38.4 Å². The van der Waals surface area contributed by atoms with Gasteiger partial charge in [0.2, 0.25) is 0 Å². The third kappa shape index (κ3) is 5.19. The molecule has 1 unspecified atom stereocenters. The number of amides is 4. The molecule has 200 valence electrons. The van der Waals surface area contributed by atoms with Crippen LogP contribution in [-0.4, -0.2) is 74.8 Å². The fourth-order valence-electron chi connectivity index (χ4n) is 4.82. The van der Waals surface area contributed by atoms with Crippen molar-refractivity contribution in [3.05, 3.63) is 53.1 Å². The van der Waals surface area contributed by atoms with Crippen molar-refractivity contribution in [1.29, 1.82) is 0 Å². The molecular formula is C25H28BFN4O7. The number of rotatable bonds is 6. The highest BCUT2D eigenvalue weighted by Crippen LogP contribution is 2.37. The highest BCUT2D eigenvalue weighted by atomic mass is 19.1. The van der Waals surface area contributed by atoms with Crippen LogP contribution in [-0.2, 0) is 20.8 Å². The SMILES string of the molecule is CCN1C[C@@H](C)N(C(=O)NC(C(=O)C[C@H]2Cc3cccc(C)c3OB2O)c2ncc(O)cc2F)C(=O)C1=O. The molecule has 0 saturated carbocycles. The van der Waals surface area contributed by atoms with Gasteiger partial charge in [0, 0.05) is 31.4 Å². The van der Waals surface area contributed by atoms with E-state index in [4.69, 9.17) is 4.65 Å². The minimum Gasteiger partial charge on any atom is -0.536 e. The van der Waals surface area contributed by atoms with E-state index in [9.17, 15) is 33.7 Å². The predicted molar refractivity (Wildman–Crippen MR) is 133 cm³/mol. The number of nitrogens with one attached hydrogen (secondary N) is 1. The van der Waals surface area contributed by atoms with Gasteiger partial charge in [-0.15, -0.1) is 0 Å². The van der Waals surface area contributed by atoms with E-state index in [1.165, 1.54) is 4.90 Å². The van der Waals surface area contributed by atoms with Crippen molar-refractivity contribution in [2.24, 2.45) is 0 Å². The second kappa shape index (κ2) is 10.8. The van der Waals surface area contributed by atoms with Gasteiger partial charge in [-0.25, -0.2) is 9.18 Å². The number of carbonyl (C=O) groups excluding carboxylic acids is 4. The lowest BCUT2D eigenvalue weighted by molar-refractivity contribution is -0.155. The lowest BCUT2D eigenvalue weighted by Gasteiger charge is -2.37. The van der Waals surface area contributed by atoms with Crippen LogP contribution in [0.15, 0.2) is 30.5 Å². The van der Waals surface area contributed by atoms with Crippen molar-refractivity contribution in [1.82, 2.24) is 20.1 Å². The molecule has 3 atom stereocenters. The van der Waals surface area contributed by atoms with Gasteiger partial charge in [-0.05, 0) is 38.3 Å². The summed E-state index contributed by atoms with van der Waals surface area (Å²) < 4.78 is 20.5. The van der Waals surface area contributed by atoms with Crippen molar-refractivity contribution in [2.75, 3.05) is 13.1 Å². The first-order valence-electron chi connectivity index (χ1n) is 12.2. The zero-order valence-corrected chi connectivity index (χ0v) is 21.2. The van der Waals surface area contributed by atoms with E-state index in [0.29, 0.717) is 17.1 Å². The standard InChI is InChI=1S/C25H28BFN4O7/c1-4-30-12-14(3)31(24(35)23(30)34)25(36)29-21(20-18(27)10-17(32)11-28-20)19(33)9-16-8-15-7-5-6-13(2)22(15)38-26(16)37/h5-7,10-11,14,16,21,32,37H,4,8-9,12H2,1-3H3,(H,29,36)/t14-,16-,21?/m1/s1. The maximum absolute atomic E-state index is 14.8. The number of fused-ring (bicyclic) bond motifs is 1. The lowest BCUT2D eigenvalue weighted by atomic mass is 9.64. The van der Waals surface area contributed by atoms with Gasteiger partial charge in [-0.2, -0.15) is 0 Å². The molecule has 13 heteroatoms. The smallest absolute Gasteiger partial charge is 0.526 e. The Balaban J connectivity index is 1.60. The van der Waals surface area contributed by atoms with Gasteiger partial charge in [0.1, 0.15) is 23.2 Å². The minimum absolute atomic E-state index is 0.101. The Hall–Kier alpha value is -4.00. The second-order valence-electron chi connectivity index (χ2n) is 9.52. The number of hydrogen-bond donors (Lipinski definition) is 3. The van der Waals surface area contributed by atoms with Crippen LogP contribution >= 0.6 is 0 Å². The summed E-state index contributed by atoms with van der Waals surface area (Å²) in [6.07, 6.45) is 0.881. The first-order chi connectivity index (χ1) is 18.0. The largest absolute Gasteiger partial charge is 0.536 e. The molecule has 3 heterocycles. The molecule has 38 heavy (non-hydrogen) atoms. The maximum Gasteiger partial charge on any atom is 0.526 e. The molecule has 4 rings (SSSR count). The Kier molecular flexibility index (Phi) is 7.67. The van der Waals surface area contributed by atoms with Crippen LogP contribution < -0.4 is 9.97 Å². The highest BCUT2D eigenvalue weighted by Gasteiger charge is 2.43. The van der Waals surface area contributed by atoms with Crippen molar-refractivity contribution in [2.45, 2.75) is 51.5 Å². The first-order valence-corrected chi connectivity index (χ1v) is 12.2. The number of benzene rings is 1. The van der Waals surface area contributed by atoms with Crippen molar-refractivity contribution in [3.63, 3.8) is 0 Å².